The van der Waals surface area contributed by atoms with Crippen LogP contribution in [0.4, 0.5) is 4.79 Å². The molecule has 4 nitrogen and oxygen atoms in total. The van der Waals surface area contributed by atoms with E-state index >= 15 is 0 Å². The van der Waals surface area contributed by atoms with Crippen molar-refractivity contribution in [2.45, 2.75) is 58.7 Å². The van der Waals surface area contributed by atoms with Crippen LogP contribution in [-0.4, -0.2) is 35.7 Å². The van der Waals surface area contributed by atoms with Crippen molar-refractivity contribution in [3.63, 3.8) is 0 Å². The summed E-state index contributed by atoms with van der Waals surface area (Å²) in [5.41, 5.74) is 0.897. The second-order valence-corrected chi connectivity index (χ2v) is 7.57. The number of alkyl carbamates (subject to hydrolysis) is 1. The van der Waals surface area contributed by atoms with Crippen LogP contribution in [-0.2, 0) is 4.74 Å². The van der Waals surface area contributed by atoms with E-state index in [-0.39, 0.29) is 12.1 Å². The minimum atomic E-state index is -0.451. The fourth-order valence-corrected chi connectivity index (χ4v) is 3.13. The zero-order valence-corrected chi connectivity index (χ0v) is 15.0. The smallest absolute Gasteiger partial charge is 0.407 e. The number of amides is 1. The number of carbonyl (C=O) groups is 1. The molecule has 0 saturated carbocycles. The van der Waals surface area contributed by atoms with Crippen LogP contribution >= 0.6 is 0 Å². The Morgan fingerprint density at radius 2 is 1.91 bits per heavy atom. The number of benzene rings is 1. The topological polar surface area (TPSA) is 41.6 Å². The monoisotopic (exact) mass is 318 g/mol. The van der Waals surface area contributed by atoms with E-state index < -0.39 is 5.60 Å². The molecule has 0 aromatic heterocycles. The summed E-state index contributed by atoms with van der Waals surface area (Å²) < 4.78 is 5.35. The number of nitrogens with zero attached hydrogens (tertiary/aromatic N) is 1. The maximum Gasteiger partial charge on any atom is 0.407 e. The van der Waals surface area contributed by atoms with Crippen LogP contribution in [0.15, 0.2) is 30.3 Å². The average Bonchev–Trinajstić information content (AvgIpc) is 2.95. The molecule has 3 atom stereocenters. The lowest BCUT2D eigenvalue weighted by Gasteiger charge is -2.27. The number of hydrogen-bond acceptors (Lipinski definition) is 3. The first kappa shape index (κ1) is 17.8. The third-order valence-corrected chi connectivity index (χ3v) is 4.54. The molecule has 2 rings (SSSR count). The summed E-state index contributed by atoms with van der Waals surface area (Å²) in [6, 6.07) is 11.1. The van der Waals surface area contributed by atoms with Gasteiger partial charge in [-0.15, -0.1) is 0 Å². The van der Waals surface area contributed by atoms with E-state index in [1.165, 1.54) is 5.56 Å². The Bertz CT molecular complexity index is 510. The Balaban J connectivity index is 1.86. The lowest BCUT2D eigenvalue weighted by atomic mass is 10.0. The van der Waals surface area contributed by atoms with E-state index in [1.54, 1.807) is 0 Å². The first-order valence-corrected chi connectivity index (χ1v) is 8.55. The molecule has 1 N–H and O–H groups in total. The third-order valence-electron chi connectivity index (χ3n) is 4.54. The summed E-state index contributed by atoms with van der Waals surface area (Å²) in [6.07, 6.45) is 0.785. The maximum absolute atomic E-state index is 11.9. The molecule has 4 heteroatoms. The fraction of sp³-hybridized carbons (Fsp3) is 0.632. The zero-order valence-electron chi connectivity index (χ0n) is 15.0. The highest BCUT2D eigenvalue weighted by atomic mass is 16.6. The van der Waals surface area contributed by atoms with Gasteiger partial charge in [-0.2, -0.15) is 0 Å². The van der Waals surface area contributed by atoms with Gasteiger partial charge in [0.25, 0.3) is 0 Å². The largest absolute Gasteiger partial charge is 0.444 e. The number of hydrogen-bond donors (Lipinski definition) is 1. The maximum atomic E-state index is 11.9. The van der Waals surface area contributed by atoms with Crippen molar-refractivity contribution < 1.29 is 9.53 Å². The van der Waals surface area contributed by atoms with E-state index in [2.05, 4.69) is 54.4 Å². The summed E-state index contributed by atoms with van der Waals surface area (Å²) in [6.45, 7) is 12.1. The number of nitrogens with one attached hydrogen (secondary N) is 1. The lowest BCUT2D eigenvalue weighted by Crippen LogP contribution is -2.42. The van der Waals surface area contributed by atoms with E-state index in [0.29, 0.717) is 12.0 Å². The first-order chi connectivity index (χ1) is 10.8. The normalized spacial score (nSPS) is 21.7. The van der Waals surface area contributed by atoms with Crippen molar-refractivity contribution in [2.24, 2.45) is 5.92 Å². The van der Waals surface area contributed by atoms with Gasteiger partial charge in [0.15, 0.2) is 0 Å². The van der Waals surface area contributed by atoms with Crippen molar-refractivity contribution in [3.8, 4) is 0 Å². The van der Waals surface area contributed by atoms with Gasteiger partial charge in [-0.05, 0) is 59.1 Å². The third kappa shape index (κ3) is 5.24. The summed E-state index contributed by atoms with van der Waals surface area (Å²) in [5.74, 6) is 0.466. The number of ether oxygens (including phenoxy) is 1. The zero-order chi connectivity index (χ0) is 17.0. The number of likely N-dealkylation sites (tertiary alicyclic amines) is 1. The molecule has 1 aliphatic heterocycles. The second-order valence-electron chi connectivity index (χ2n) is 7.57. The molecule has 1 aliphatic rings. The molecule has 1 saturated heterocycles. The van der Waals surface area contributed by atoms with Gasteiger partial charge in [0, 0.05) is 18.6 Å². The molecule has 1 aromatic rings. The molecule has 0 bridgehead atoms. The van der Waals surface area contributed by atoms with Gasteiger partial charge in [-0.3, -0.25) is 4.90 Å². The van der Waals surface area contributed by atoms with Gasteiger partial charge in [0.1, 0.15) is 5.60 Å². The molecular formula is C19H30N2O2. The van der Waals surface area contributed by atoms with Gasteiger partial charge in [0.2, 0.25) is 0 Å². The highest BCUT2D eigenvalue weighted by molar-refractivity contribution is 5.68. The Kier molecular flexibility index (Phi) is 5.69. The molecule has 0 radical (unpaired) electrons. The summed E-state index contributed by atoms with van der Waals surface area (Å²) in [4.78, 5) is 14.4. The molecule has 1 aromatic carbocycles. The second kappa shape index (κ2) is 7.35. The van der Waals surface area contributed by atoms with E-state index in [0.717, 1.165) is 19.5 Å². The predicted octanol–water partition coefficient (Wildman–Crippen LogP) is 3.98. The highest BCUT2D eigenvalue weighted by Gasteiger charge is 2.31. The fourth-order valence-electron chi connectivity index (χ4n) is 3.13. The molecule has 0 aliphatic carbocycles. The Hall–Kier alpha value is -1.55. The van der Waals surface area contributed by atoms with Crippen molar-refractivity contribution >= 4 is 6.09 Å². The van der Waals surface area contributed by atoms with Crippen LogP contribution in [0.5, 0.6) is 0 Å². The van der Waals surface area contributed by atoms with Crippen molar-refractivity contribution in [1.29, 1.82) is 0 Å². The Morgan fingerprint density at radius 1 is 1.26 bits per heavy atom. The van der Waals surface area contributed by atoms with Crippen molar-refractivity contribution in [1.82, 2.24) is 10.2 Å². The molecular weight excluding hydrogens is 288 g/mol. The minimum absolute atomic E-state index is 0.123. The Morgan fingerprint density at radius 3 is 2.52 bits per heavy atom. The number of rotatable bonds is 4. The highest BCUT2D eigenvalue weighted by Crippen LogP contribution is 2.28. The van der Waals surface area contributed by atoms with Gasteiger partial charge in [-0.1, -0.05) is 30.3 Å². The SMILES string of the molecule is C[C@H](NC(=O)OC(C)(C)C)[C@H]1CCN([C@H](C)c2ccccc2)C1. The molecule has 0 spiro atoms. The van der Waals surface area contributed by atoms with Crippen LogP contribution in [0.25, 0.3) is 0 Å². The molecule has 1 fully saturated rings. The van der Waals surface area contributed by atoms with Crippen LogP contribution in [0, 0.1) is 5.92 Å². The van der Waals surface area contributed by atoms with E-state index in [9.17, 15) is 4.79 Å². The van der Waals surface area contributed by atoms with Gasteiger partial charge in [0.05, 0.1) is 0 Å². The lowest BCUT2D eigenvalue weighted by molar-refractivity contribution is 0.0492. The first-order valence-electron chi connectivity index (χ1n) is 8.55. The Labute approximate surface area is 140 Å². The van der Waals surface area contributed by atoms with Crippen LogP contribution in [0.2, 0.25) is 0 Å². The summed E-state index contributed by atoms with van der Waals surface area (Å²) in [7, 11) is 0. The van der Waals surface area contributed by atoms with Gasteiger partial charge in [-0.25, -0.2) is 4.79 Å². The van der Waals surface area contributed by atoms with Gasteiger partial charge >= 0.3 is 6.09 Å². The van der Waals surface area contributed by atoms with E-state index in [4.69, 9.17) is 4.74 Å². The summed E-state index contributed by atoms with van der Waals surface area (Å²) in [5, 5.41) is 2.99. The van der Waals surface area contributed by atoms with Crippen LogP contribution < -0.4 is 5.32 Å². The average molecular weight is 318 g/mol. The molecule has 128 valence electrons. The van der Waals surface area contributed by atoms with Crippen molar-refractivity contribution in [3.05, 3.63) is 35.9 Å². The van der Waals surface area contributed by atoms with Crippen molar-refractivity contribution in [2.75, 3.05) is 13.1 Å². The molecule has 0 unspecified atom stereocenters. The van der Waals surface area contributed by atoms with Crippen LogP contribution in [0.3, 0.4) is 0 Å². The number of carbonyl (C=O) groups excluding carboxylic acids is 1. The van der Waals surface area contributed by atoms with E-state index in [1.807, 2.05) is 20.8 Å². The summed E-state index contributed by atoms with van der Waals surface area (Å²) >= 11 is 0. The van der Waals surface area contributed by atoms with Crippen LogP contribution in [0.1, 0.15) is 52.6 Å². The molecule has 1 heterocycles. The minimum Gasteiger partial charge on any atom is -0.444 e. The predicted molar refractivity (Wildman–Crippen MR) is 93.4 cm³/mol. The standard InChI is InChI=1S/C19H30N2O2/c1-14(20-18(22)23-19(3,4)5)17-11-12-21(13-17)15(2)16-9-7-6-8-10-16/h6-10,14-15,17H,11-13H2,1-5H3,(H,20,22)/t14-,15+,17-/m0/s1. The van der Waals surface area contributed by atoms with Gasteiger partial charge < -0.3 is 10.1 Å². The molecule has 23 heavy (non-hydrogen) atoms. The molecule has 1 amide bonds. The quantitative estimate of drug-likeness (QED) is 0.913.